The van der Waals surface area contributed by atoms with Gasteiger partial charge in [0.2, 0.25) is 0 Å². The normalized spacial score (nSPS) is 22.0. The molecule has 2 aliphatic heterocycles. The van der Waals surface area contributed by atoms with Crippen LogP contribution in [0.5, 0.6) is 0 Å². The molecule has 0 bridgehead atoms. The van der Waals surface area contributed by atoms with E-state index in [0.717, 1.165) is 0 Å². The smallest absolute Gasteiger partial charge is 0.410 e. The van der Waals surface area contributed by atoms with Crippen molar-refractivity contribution in [1.29, 1.82) is 0 Å². The molecule has 22 heavy (non-hydrogen) atoms. The number of rotatable bonds is 2. The van der Waals surface area contributed by atoms with Crippen molar-refractivity contribution in [3.63, 3.8) is 0 Å². The summed E-state index contributed by atoms with van der Waals surface area (Å²) in [5, 5.41) is 3.58. The lowest BCUT2D eigenvalue weighted by Crippen LogP contribution is -2.61. The van der Waals surface area contributed by atoms with Gasteiger partial charge in [-0.15, -0.1) is 0 Å². The Morgan fingerprint density at radius 2 is 2.05 bits per heavy atom. The number of nitrogens with zero attached hydrogens (tertiary/aromatic N) is 1. The minimum atomic E-state index is -0.439. The number of fused-ring (bicyclic) bond motifs is 1. The fourth-order valence-electron chi connectivity index (χ4n) is 2.86. The molecule has 0 aliphatic carbocycles. The fourth-order valence-corrected chi connectivity index (χ4v) is 2.86. The van der Waals surface area contributed by atoms with Crippen LogP contribution in [-0.2, 0) is 16.1 Å². The second kappa shape index (κ2) is 5.89. The third-order valence-corrected chi connectivity index (χ3v) is 3.94. The van der Waals surface area contributed by atoms with Gasteiger partial charge in [-0.25, -0.2) is 4.79 Å². The molecular formula is C17H24N2O3. The molecule has 1 saturated heterocycles. The van der Waals surface area contributed by atoms with E-state index in [4.69, 9.17) is 9.47 Å². The summed E-state index contributed by atoms with van der Waals surface area (Å²) < 4.78 is 11.0. The molecule has 1 N–H and O–H groups in total. The molecule has 1 amide bonds. The van der Waals surface area contributed by atoms with E-state index in [2.05, 4.69) is 23.5 Å². The summed E-state index contributed by atoms with van der Waals surface area (Å²) in [7, 11) is 0. The number of carbonyl (C=O) groups excluding carboxylic acids is 1. The number of likely N-dealkylation sites (tertiary alicyclic amines) is 1. The standard InChI is InChI=1S/C17H24N2O3/c1-17(2,3)22-16(20)19-8-13(9-19)18-15-11-21-10-12-6-4-5-7-14(12)15/h4-7,13,15,18H,8-11H2,1-3H3. The Morgan fingerprint density at radius 1 is 1.32 bits per heavy atom. The molecule has 0 aromatic heterocycles. The van der Waals surface area contributed by atoms with Crippen LogP contribution in [-0.4, -0.2) is 42.3 Å². The molecule has 5 nitrogen and oxygen atoms in total. The van der Waals surface area contributed by atoms with E-state index in [1.165, 1.54) is 11.1 Å². The number of nitrogens with one attached hydrogen (secondary N) is 1. The number of hydrogen-bond donors (Lipinski definition) is 1. The van der Waals surface area contributed by atoms with E-state index in [0.29, 0.717) is 32.3 Å². The first-order valence-electron chi connectivity index (χ1n) is 7.82. The Bertz CT molecular complexity index is 547. The third kappa shape index (κ3) is 3.42. The molecule has 0 radical (unpaired) electrons. The minimum absolute atomic E-state index is 0.204. The maximum absolute atomic E-state index is 11.9. The van der Waals surface area contributed by atoms with Gasteiger partial charge in [0, 0.05) is 19.1 Å². The van der Waals surface area contributed by atoms with Gasteiger partial charge in [0.05, 0.1) is 19.3 Å². The zero-order chi connectivity index (χ0) is 15.7. The molecule has 120 valence electrons. The highest BCUT2D eigenvalue weighted by Gasteiger charge is 2.35. The molecule has 1 fully saturated rings. The largest absolute Gasteiger partial charge is 0.444 e. The summed E-state index contributed by atoms with van der Waals surface area (Å²) >= 11 is 0. The minimum Gasteiger partial charge on any atom is -0.444 e. The molecule has 2 heterocycles. The van der Waals surface area contributed by atoms with E-state index in [9.17, 15) is 4.79 Å². The SMILES string of the molecule is CC(C)(C)OC(=O)N1CC(NC2COCc3ccccc32)C1. The van der Waals surface area contributed by atoms with Crippen LogP contribution in [0, 0.1) is 0 Å². The number of benzene rings is 1. The lowest BCUT2D eigenvalue weighted by atomic mass is 9.97. The van der Waals surface area contributed by atoms with E-state index < -0.39 is 5.60 Å². The number of carbonyl (C=O) groups is 1. The molecule has 1 atom stereocenters. The van der Waals surface area contributed by atoms with Gasteiger partial charge in [-0.1, -0.05) is 24.3 Å². The molecule has 0 spiro atoms. The van der Waals surface area contributed by atoms with Crippen LogP contribution < -0.4 is 5.32 Å². The lowest BCUT2D eigenvalue weighted by molar-refractivity contribution is 0.000772. The van der Waals surface area contributed by atoms with Gasteiger partial charge in [-0.05, 0) is 31.9 Å². The van der Waals surface area contributed by atoms with Gasteiger partial charge in [0.25, 0.3) is 0 Å². The summed E-state index contributed by atoms with van der Waals surface area (Å²) in [6, 6.07) is 8.87. The summed E-state index contributed by atoms with van der Waals surface area (Å²) in [5.74, 6) is 0. The van der Waals surface area contributed by atoms with Crippen molar-refractivity contribution in [2.24, 2.45) is 0 Å². The first-order valence-corrected chi connectivity index (χ1v) is 7.82. The highest BCUT2D eigenvalue weighted by Crippen LogP contribution is 2.26. The summed E-state index contributed by atoms with van der Waals surface area (Å²) in [5.41, 5.74) is 2.12. The maximum atomic E-state index is 11.9. The number of hydrogen-bond acceptors (Lipinski definition) is 4. The topological polar surface area (TPSA) is 50.8 Å². The van der Waals surface area contributed by atoms with E-state index in [-0.39, 0.29) is 12.1 Å². The first-order chi connectivity index (χ1) is 10.4. The third-order valence-electron chi connectivity index (χ3n) is 3.94. The molecule has 1 aromatic carbocycles. The highest BCUT2D eigenvalue weighted by atomic mass is 16.6. The van der Waals surface area contributed by atoms with Crippen molar-refractivity contribution >= 4 is 6.09 Å². The molecule has 1 unspecified atom stereocenters. The quantitative estimate of drug-likeness (QED) is 0.912. The molecule has 1 aromatic rings. The Morgan fingerprint density at radius 3 is 2.77 bits per heavy atom. The summed E-state index contributed by atoms with van der Waals surface area (Å²) in [6.45, 7) is 8.40. The van der Waals surface area contributed by atoms with Crippen LogP contribution in [0.3, 0.4) is 0 Å². The van der Waals surface area contributed by atoms with Crippen molar-refractivity contribution < 1.29 is 14.3 Å². The summed E-state index contributed by atoms with van der Waals surface area (Å²) in [4.78, 5) is 13.7. The Kier molecular flexibility index (Phi) is 4.10. The molecular weight excluding hydrogens is 280 g/mol. The van der Waals surface area contributed by atoms with Crippen molar-refractivity contribution in [2.75, 3.05) is 19.7 Å². The van der Waals surface area contributed by atoms with Gasteiger partial charge in [0.15, 0.2) is 0 Å². The zero-order valence-electron chi connectivity index (χ0n) is 13.5. The Balaban J connectivity index is 1.52. The lowest BCUT2D eigenvalue weighted by Gasteiger charge is -2.42. The van der Waals surface area contributed by atoms with Gasteiger partial charge in [-0.2, -0.15) is 0 Å². The van der Waals surface area contributed by atoms with E-state index in [1.807, 2.05) is 26.8 Å². The van der Waals surface area contributed by atoms with Crippen molar-refractivity contribution in [2.45, 2.75) is 45.1 Å². The van der Waals surface area contributed by atoms with Gasteiger partial charge < -0.3 is 19.7 Å². The average Bonchev–Trinajstić information content (AvgIpc) is 2.40. The monoisotopic (exact) mass is 304 g/mol. The van der Waals surface area contributed by atoms with Crippen LogP contribution >= 0.6 is 0 Å². The van der Waals surface area contributed by atoms with Crippen molar-refractivity contribution in [3.05, 3.63) is 35.4 Å². The fraction of sp³-hybridized carbons (Fsp3) is 0.588. The van der Waals surface area contributed by atoms with E-state index >= 15 is 0 Å². The maximum Gasteiger partial charge on any atom is 0.410 e. The Labute approximate surface area is 131 Å². The molecule has 2 aliphatic rings. The van der Waals surface area contributed by atoms with Crippen LogP contribution in [0.25, 0.3) is 0 Å². The van der Waals surface area contributed by atoms with Crippen molar-refractivity contribution in [3.8, 4) is 0 Å². The molecule has 3 rings (SSSR count). The van der Waals surface area contributed by atoms with Crippen LogP contribution in [0.15, 0.2) is 24.3 Å². The highest BCUT2D eigenvalue weighted by molar-refractivity contribution is 5.69. The zero-order valence-corrected chi connectivity index (χ0v) is 13.5. The number of ether oxygens (including phenoxy) is 2. The predicted octanol–water partition coefficient (Wildman–Crippen LogP) is 2.47. The van der Waals surface area contributed by atoms with Gasteiger partial charge >= 0.3 is 6.09 Å². The predicted molar refractivity (Wildman–Crippen MR) is 83.6 cm³/mol. The van der Waals surface area contributed by atoms with Crippen LogP contribution in [0.1, 0.15) is 37.9 Å². The van der Waals surface area contributed by atoms with Gasteiger partial charge in [0.1, 0.15) is 5.60 Å². The van der Waals surface area contributed by atoms with Crippen LogP contribution in [0.4, 0.5) is 4.79 Å². The first kappa shape index (κ1) is 15.3. The molecule has 0 saturated carbocycles. The summed E-state index contributed by atoms with van der Waals surface area (Å²) in [6.07, 6.45) is -0.231. The van der Waals surface area contributed by atoms with Crippen molar-refractivity contribution in [1.82, 2.24) is 10.2 Å². The van der Waals surface area contributed by atoms with Crippen LogP contribution in [0.2, 0.25) is 0 Å². The Hall–Kier alpha value is -1.59. The average molecular weight is 304 g/mol. The van der Waals surface area contributed by atoms with E-state index in [1.54, 1.807) is 4.90 Å². The second-order valence-corrected chi connectivity index (χ2v) is 7.02. The molecule has 5 heteroatoms. The number of amides is 1. The van der Waals surface area contributed by atoms with Gasteiger partial charge in [-0.3, -0.25) is 0 Å². The second-order valence-electron chi connectivity index (χ2n) is 7.02.